The first-order valence-electron chi connectivity index (χ1n) is 8.38. The summed E-state index contributed by atoms with van der Waals surface area (Å²) in [4.78, 5) is 23.5. The van der Waals surface area contributed by atoms with E-state index < -0.39 is 10.0 Å². The zero-order chi connectivity index (χ0) is 18.7. The van der Waals surface area contributed by atoms with E-state index in [2.05, 4.69) is 5.32 Å². The molecule has 0 fully saturated rings. The summed E-state index contributed by atoms with van der Waals surface area (Å²) in [7, 11) is -3.48. The van der Waals surface area contributed by atoms with Gasteiger partial charge in [-0.15, -0.1) is 0 Å². The fourth-order valence-corrected chi connectivity index (χ4v) is 5.19. The van der Waals surface area contributed by atoms with Crippen molar-refractivity contribution in [3.63, 3.8) is 0 Å². The highest BCUT2D eigenvalue weighted by molar-refractivity contribution is 7.92. The Morgan fingerprint density at radius 3 is 2.81 bits per heavy atom. The minimum absolute atomic E-state index is 0.0529. The smallest absolute Gasteiger partial charge is 0.307 e. The van der Waals surface area contributed by atoms with Crippen LogP contribution in [0.1, 0.15) is 17.7 Å². The number of carbonyl (C=O) groups is 1. The number of para-hydroxylation sites is 1. The van der Waals surface area contributed by atoms with E-state index in [1.807, 2.05) is 25.1 Å². The van der Waals surface area contributed by atoms with E-state index >= 15 is 0 Å². The van der Waals surface area contributed by atoms with E-state index in [-0.39, 0.29) is 29.5 Å². The van der Waals surface area contributed by atoms with Crippen molar-refractivity contribution in [2.45, 2.75) is 26.3 Å². The Kier molecular flexibility index (Phi) is 5.47. The highest BCUT2D eigenvalue weighted by Crippen LogP contribution is 2.29. The Hall–Kier alpha value is -2.13. The van der Waals surface area contributed by atoms with Crippen LogP contribution in [0.4, 0.5) is 5.69 Å². The van der Waals surface area contributed by atoms with Gasteiger partial charge >= 0.3 is 4.87 Å². The number of aryl methyl sites for hydroxylation is 1. The summed E-state index contributed by atoms with van der Waals surface area (Å²) in [5.41, 5.74) is 2.57. The van der Waals surface area contributed by atoms with Crippen LogP contribution >= 0.6 is 11.3 Å². The number of thiazole rings is 1. The van der Waals surface area contributed by atoms with Crippen molar-refractivity contribution in [1.82, 2.24) is 9.88 Å². The number of hydrogen-bond acceptors (Lipinski definition) is 5. The summed E-state index contributed by atoms with van der Waals surface area (Å²) < 4.78 is 28.0. The van der Waals surface area contributed by atoms with Gasteiger partial charge in [-0.25, -0.2) is 8.42 Å². The topological polar surface area (TPSA) is 88.5 Å². The van der Waals surface area contributed by atoms with Crippen LogP contribution in [0.2, 0.25) is 0 Å². The minimum atomic E-state index is -3.48. The number of sulfonamides is 1. The predicted octanol–water partition coefficient (Wildman–Crippen LogP) is 1.12. The molecule has 1 amide bonds. The number of anilines is 1. The molecule has 140 valence electrons. The summed E-state index contributed by atoms with van der Waals surface area (Å²) in [5, 5.41) is 4.38. The Morgan fingerprint density at radius 1 is 1.31 bits per heavy atom. The van der Waals surface area contributed by atoms with E-state index in [1.54, 1.807) is 16.0 Å². The van der Waals surface area contributed by atoms with Gasteiger partial charge in [0, 0.05) is 37.1 Å². The first kappa shape index (κ1) is 18.7. The fraction of sp³-hybridized carbons (Fsp3) is 0.412. The number of benzene rings is 1. The van der Waals surface area contributed by atoms with Crippen LogP contribution in [0.15, 0.2) is 34.4 Å². The summed E-state index contributed by atoms with van der Waals surface area (Å²) in [6, 6.07) is 7.46. The maximum Gasteiger partial charge on any atom is 0.307 e. The molecular weight excluding hydrogens is 374 g/mol. The first-order valence-corrected chi connectivity index (χ1v) is 10.9. The van der Waals surface area contributed by atoms with Crippen LogP contribution in [-0.2, 0) is 27.8 Å². The second-order valence-electron chi connectivity index (χ2n) is 6.16. The Labute approximate surface area is 156 Å². The molecule has 1 aliphatic heterocycles. The summed E-state index contributed by atoms with van der Waals surface area (Å²) >= 11 is 1.10. The first-order chi connectivity index (χ1) is 12.4. The average Bonchev–Trinajstić information content (AvgIpc) is 3.17. The highest BCUT2D eigenvalue weighted by atomic mass is 32.2. The quantitative estimate of drug-likeness (QED) is 0.761. The average molecular weight is 396 g/mol. The lowest BCUT2D eigenvalue weighted by Crippen LogP contribution is -2.37. The molecule has 3 rings (SSSR count). The summed E-state index contributed by atoms with van der Waals surface area (Å²) in [5.74, 6) is -0.413. The standard InChI is InChI=1S/C17H21N3O4S2/c1-13-12-25-17(22)19(13)9-7-16(21)18-8-11-26(23,24)20-10-6-14-4-2-3-5-15(14)20/h2-5,12H,6-11H2,1H3,(H,18,21). The van der Waals surface area contributed by atoms with Crippen molar-refractivity contribution in [3.8, 4) is 0 Å². The number of hydrogen-bond donors (Lipinski definition) is 1. The number of carbonyl (C=O) groups excluding carboxylic acids is 1. The third-order valence-electron chi connectivity index (χ3n) is 4.40. The molecule has 0 saturated heterocycles. The molecule has 7 nitrogen and oxygen atoms in total. The van der Waals surface area contributed by atoms with Gasteiger partial charge in [0.25, 0.3) is 0 Å². The third kappa shape index (κ3) is 3.99. The molecule has 1 aromatic carbocycles. The van der Waals surface area contributed by atoms with Crippen LogP contribution in [-0.4, -0.2) is 37.7 Å². The Balaban J connectivity index is 1.50. The third-order valence-corrected chi connectivity index (χ3v) is 7.05. The number of rotatable bonds is 7. The molecule has 0 aliphatic carbocycles. The molecule has 0 unspecified atom stereocenters. The number of aromatic nitrogens is 1. The molecule has 9 heteroatoms. The second kappa shape index (κ2) is 7.63. The minimum Gasteiger partial charge on any atom is -0.355 e. The molecule has 0 atom stereocenters. The van der Waals surface area contributed by atoms with Crippen LogP contribution < -0.4 is 14.5 Å². The molecule has 0 bridgehead atoms. The zero-order valence-corrected chi connectivity index (χ0v) is 16.1. The normalized spacial score (nSPS) is 13.7. The molecule has 2 aromatic rings. The Bertz CT molecular complexity index is 962. The highest BCUT2D eigenvalue weighted by Gasteiger charge is 2.28. The molecule has 1 aromatic heterocycles. The lowest BCUT2D eigenvalue weighted by molar-refractivity contribution is -0.121. The maximum atomic E-state index is 12.5. The summed E-state index contributed by atoms with van der Waals surface area (Å²) in [6.45, 7) is 2.61. The van der Waals surface area contributed by atoms with Gasteiger partial charge in [-0.3, -0.25) is 13.9 Å². The van der Waals surface area contributed by atoms with Crippen molar-refractivity contribution < 1.29 is 13.2 Å². The second-order valence-corrected chi connectivity index (χ2v) is 8.99. The van der Waals surface area contributed by atoms with Crippen LogP contribution in [0, 0.1) is 6.92 Å². The van der Waals surface area contributed by atoms with Crippen molar-refractivity contribution in [2.24, 2.45) is 0 Å². The molecule has 1 N–H and O–H groups in total. The maximum absolute atomic E-state index is 12.5. The molecule has 0 radical (unpaired) electrons. The molecule has 2 heterocycles. The largest absolute Gasteiger partial charge is 0.355 e. The fourth-order valence-electron chi connectivity index (χ4n) is 3.00. The number of amides is 1. The predicted molar refractivity (Wildman–Crippen MR) is 102 cm³/mol. The van der Waals surface area contributed by atoms with Gasteiger partial charge in [0.15, 0.2) is 0 Å². The van der Waals surface area contributed by atoms with Crippen molar-refractivity contribution in [1.29, 1.82) is 0 Å². The van der Waals surface area contributed by atoms with E-state index in [9.17, 15) is 18.0 Å². The lowest BCUT2D eigenvalue weighted by Gasteiger charge is -2.19. The molecular formula is C17H21N3O4S2. The molecule has 0 spiro atoms. The number of nitrogens with zero attached hydrogens (tertiary/aromatic N) is 2. The van der Waals surface area contributed by atoms with Gasteiger partial charge in [0.2, 0.25) is 15.9 Å². The number of fused-ring (bicyclic) bond motifs is 1. The van der Waals surface area contributed by atoms with Gasteiger partial charge in [-0.1, -0.05) is 29.5 Å². The van der Waals surface area contributed by atoms with Gasteiger partial charge in [0.05, 0.1) is 11.4 Å². The van der Waals surface area contributed by atoms with Crippen LogP contribution in [0.25, 0.3) is 0 Å². The lowest BCUT2D eigenvalue weighted by atomic mass is 10.2. The number of nitrogens with one attached hydrogen (secondary N) is 1. The van der Waals surface area contributed by atoms with E-state index in [0.29, 0.717) is 19.5 Å². The molecule has 0 saturated carbocycles. The SMILES string of the molecule is Cc1csc(=O)n1CCC(=O)NCCS(=O)(=O)N1CCc2ccccc21. The van der Waals surface area contributed by atoms with E-state index in [1.165, 1.54) is 4.31 Å². The van der Waals surface area contributed by atoms with Crippen molar-refractivity contribution in [2.75, 3.05) is 23.1 Å². The van der Waals surface area contributed by atoms with E-state index in [4.69, 9.17) is 0 Å². The molecule has 1 aliphatic rings. The van der Waals surface area contributed by atoms with Crippen LogP contribution in [0.3, 0.4) is 0 Å². The zero-order valence-electron chi connectivity index (χ0n) is 14.5. The van der Waals surface area contributed by atoms with E-state index in [0.717, 1.165) is 28.3 Å². The van der Waals surface area contributed by atoms with Gasteiger partial charge in [-0.05, 0) is 25.0 Å². The Morgan fingerprint density at radius 2 is 2.08 bits per heavy atom. The van der Waals surface area contributed by atoms with Crippen molar-refractivity contribution >= 4 is 33.0 Å². The van der Waals surface area contributed by atoms with Crippen molar-refractivity contribution in [3.05, 3.63) is 50.6 Å². The van der Waals surface area contributed by atoms with Gasteiger partial charge in [-0.2, -0.15) is 0 Å². The van der Waals surface area contributed by atoms with Crippen LogP contribution in [0.5, 0.6) is 0 Å². The van der Waals surface area contributed by atoms with Gasteiger partial charge in [0.1, 0.15) is 0 Å². The van der Waals surface area contributed by atoms with Gasteiger partial charge < -0.3 is 9.88 Å². The summed E-state index contributed by atoms with van der Waals surface area (Å²) in [6.07, 6.45) is 0.848. The monoisotopic (exact) mass is 395 g/mol. The molecule has 26 heavy (non-hydrogen) atoms.